The van der Waals surface area contributed by atoms with Gasteiger partial charge >= 0.3 is 0 Å². The number of hydrogen-bond donors (Lipinski definition) is 5. The minimum atomic E-state index is -1.01. The van der Waals surface area contributed by atoms with E-state index in [1.807, 2.05) is 108 Å². The number of β-amino-alcohol motifs (C(OH)–C–C–N with tert-alkyl or cyclic N) is 1. The predicted octanol–water partition coefficient (Wildman–Crippen LogP) is 8.03. The fraction of sp³-hybridized carbons (Fsp3) is 0.464. The molecular formula is C56H71N11O6S. The number of pyridine rings is 1. The van der Waals surface area contributed by atoms with Crippen LogP contribution in [0.25, 0.3) is 27.3 Å². The molecule has 4 aromatic heterocycles. The Morgan fingerprint density at radius 2 is 1.72 bits per heavy atom. The van der Waals surface area contributed by atoms with Crippen LogP contribution in [0.1, 0.15) is 121 Å². The molecule has 392 valence electrons. The number of carbonyl (C=O) groups excluding carboxylic acids is 3. The molecule has 1 aliphatic carbocycles. The first kappa shape index (κ1) is 53.5. The van der Waals surface area contributed by atoms with Crippen molar-refractivity contribution in [3.63, 3.8) is 0 Å². The maximum Gasteiger partial charge on any atom is 0.278 e. The number of rotatable bonds is 21. The number of aryl methyl sites for hydroxylation is 2. The van der Waals surface area contributed by atoms with Gasteiger partial charge in [-0.25, -0.2) is 24.3 Å². The number of thiazole rings is 1. The smallest absolute Gasteiger partial charge is 0.278 e. The Labute approximate surface area is 437 Å². The molecule has 5 N–H and O–H groups in total. The number of hydrogen-bond acceptors (Lipinski definition) is 13. The minimum absolute atomic E-state index is 0.0166. The Hall–Kier alpha value is -6.76. The minimum Gasteiger partial charge on any atom is -0.391 e. The van der Waals surface area contributed by atoms with E-state index in [0.717, 1.165) is 77.3 Å². The van der Waals surface area contributed by atoms with Gasteiger partial charge in [0.05, 0.1) is 40.5 Å². The highest BCUT2D eigenvalue weighted by molar-refractivity contribution is 7.13. The van der Waals surface area contributed by atoms with Crippen molar-refractivity contribution < 1.29 is 24.6 Å². The molecule has 8 rings (SSSR count). The molecule has 0 unspecified atom stereocenters. The summed E-state index contributed by atoms with van der Waals surface area (Å²) < 4.78 is 3.21. The number of aromatic nitrogens is 6. The van der Waals surface area contributed by atoms with Gasteiger partial charge in [-0.05, 0) is 98.4 Å². The van der Waals surface area contributed by atoms with Crippen LogP contribution in [-0.2, 0) is 33.0 Å². The van der Waals surface area contributed by atoms with Crippen molar-refractivity contribution in [3.8, 4) is 16.3 Å². The highest BCUT2D eigenvalue weighted by atomic mass is 32.1. The van der Waals surface area contributed by atoms with Gasteiger partial charge < -0.3 is 36.0 Å². The number of allylic oxidation sites excluding steroid dienone is 1. The Bertz CT molecular complexity index is 3030. The van der Waals surface area contributed by atoms with Gasteiger partial charge in [-0.3, -0.25) is 19.2 Å². The van der Waals surface area contributed by atoms with E-state index in [4.69, 9.17) is 9.97 Å². The number of fused-ring (bicyclic) bond motifs is 2. The third kappa shape index (κ3) is 11.8. The lowest BCUT2D eigenvalue weighted by molar-refractivity contribution is -0.144. The molecule has 1 aliphatic heterocycles. The zero-order valence-electron chi connectivity index (χ0n) is 43.7. The van der Waals surface area contributed by atoms with Gasteiger partial charge in [0.1, 0.15) is 23.1 Å². The number of nitrogens with one attached hydrogen (secondary N) is 3. The van der Waals surface area contributed by atoms with Crippen molar-refractivity contribution in [3.05, 3.63) is 118 Å². The first-order valence-corrected chi connectivity index (χ1v) is 26.8. The van der Waals surface area contributed by atoms with Crippen molar-refractivity contribution in [2.24, 2.45) is 5.41 Å². The Morgan fingerprint density at radius 3 is 2.41 bits per heavy atom. The van der Waals surface area contributed by atoms with Gasteiger partial charge in [0.25, 0.3) is 5.56 Å². The number of aliphatic hydroxyl groups is 2. The number of benzene rings is 2. The fourth-order valence-electron chi connectivity index (χ4n) is 10.1. The fourth-order valence-corrected chi connectivity index (χ4v) is 10.9. The van der Waals surface area contributed by atoms with E-state index in [0.29, 0.717) is 47.8 Å². The van der Waals surface area contributed by atoms with E-state index in [2.05, 4.69) is 44.4 Å². The molecule has 0 saturated carbocycles. The van der Waals surface area contributed by atoms with Crippen molar-refractivity contribution in [2.75, 3.05) is 30.4 Å². The molecule has 3 amide bonds. The molecule has 74 heavy (non-hydrogen) atoms. The Kier molecular flexibility index (Phi) is 16.5. The van der Waals surface area contributed by atoms with Crippen LogP contribution in [-0.4, -0.2) is 100 Å². The molecule has 1 fully saturated rings. The summed E-state index contributed by atoms with van der Waals surface area (Å²) in [7, 11) is 2.06. The van der Waals surface area contributed by atoms with Crippen molar-refractivity contribution in [1.29, 1.82) is 0 Å². The third-order valence-corrected chi connectivity index (χ3v) is 15.5. The summed E-state index contributed by atoms with van der Waals surface area (Å²) in [5.41, 5.74) is 6.71. The van der Waals surface area contributed by atoms with Crippen molar-refractivity contribution >= 4 is 57.4 Å². The Balaban J connectivity index is 0.784. The molecule has 0 bridgehead atoms. The number of amides is 3. The molecule has 2 aliphatic rings. The maximum atomic E-state index is 14.2. The number of aliphatic hydroxyl groups excluding tert-OH is 1. The van der Waals surface area contributed by atoms with Crippen LogP contribution in [0, 0.1) is 12.3 Å². The largest absolute Gasteiger partial charge is 0.391 e. The van der Waals surface area contributed by atoms with Crippen LogP contribution < -0.4 is 26.4 Å². The summed E-state index contributed by atoms with van der Waals surface area (Å²) in [5, 5.41) is 31.7. The second-order valence-corrected chi connectivity index (χ2v) is 21.8. The molecule has 0 radical (unpaired) electrons. The second-order valence-electron chi connectivity index (χ2n) is 21.0. The standard InChI is InChI=1S/C56H71N11O6S/c1-9-29-66-52(71)43-32-57-54(63-50(43)67(66)45-26-21-39-27-28-56(73,10-2)48(39)61-45)60-40-22-24-41(25-23-40)64(8)30-15-13-11-12-14-16-46(69)62-49(55(5,6)7)53(72)65-33-42(68)31-44(65)51(70)59-35(3)37-17-19-38(20-18-37)47-36(4)58-34-74-47/h9,17-26,32,34-35,42,44,49,68,73H,1,10-16,27-31,33H2,2-8H3,(H,59,70)(H,62,69)(H,57,60,63)/t35-,42+,44-,49+,56+/m0/s1. The lowest BCUT2D eigenvalue weighted by Crippen LogP contribution is -2.57. The molecule has 0 spiro atoms. The summed E-state index contributed by atoms with van der Waals surface area (Å²) in [4.78, 5) is 78.0. The Morgan fingerprint density at radius 1 is 0.986 bits per heavy atom. The SMILES string of the molecule is C=CCn1c(=O)c2cnc(Nc3ccc(N(C)CCCCCCCC(=O)N[C@H](C(=O)N4C[C@H](O)C[C@H]4C(=O)N[C@@H](C)c4ccc(-c5scnc5C)cc4)C(C)(C)C)cc3)nc2n1-c1ccc2c(n1)[C@@](O)(CC)CC2. The third-order valence-electron chi connectivity index (χ3n) is 14.5. The van der Waals surface area contributed by atoms with Gasteiger partial charge in [0, 0.05) is 50.6 Å². The molecule has 5 atom stereocenters. The number of carbonyl (C=O) groups is 3. The van der Waals surface area contributed by atoms with E-state index in [-0.39, 0.29) is 55.3 Å². The average Bonchev–Trinajstić information content (AvgIpc) is 4.15. The van der Waals surface area contributed by atoms with Crippen LogP contribution in [0.2, 0.25) is 0 Å². The summed E-state index contributed by atoms with van der Waals surface area (Å²) in [6.07, 6.45) is 9.08. The van der Waals surface area contributed by atoms with Crippen LogP contribution in [0.3, 0.4) is 0 Å². The lowest BCUT2D eigenvalue weighted by atomic mass is 9.85. The van der Waals surface area contributed by atoms with E-state index in [9.17, 15) is 29.4 Å². The van der Waals surface area contributed by atoms with Crippen LogP contribution in [0.15, 0.2) is 89.8 Å². The van der Waals surface area contributed by atoms with Crippen LogP contribution in [0.4, 0.5) is 17.3 Å². The summed E-state index contributed by atoms with van der Waals surface area (Å²) in [6.45, 7) is 16.4. The van der Waals surface area contributed by atoms with E-state index in [1.165, 1.54) is 15.8 Å². The van der Waals surface area contributed by atoms with Gasteiger partial charge in [-0.1, -0.05) is 83.4 Å². The summed E-state index contributed by atoms with van der Waals surface area (Å²) >= 11 is 1.58. The molecular weight excluding hydrogens is 955 g/mol. The van der Waals surface area contributed by atoms with Gasteiger partial charge in [0.2, 0.25) is 23.7 Å². The van der Waals surface area contributed by atoms with Gasteiger partial charge in [0.15, 0.2) is 11.5 Å². The molecule has 1 saturated heterocycles. The zero-order valence-corrected chi connectivity index (χ0v) is 44.5. The first-order chi connectivity index (χ1) is 35.4. The van der Waals surface area contributed by atoms with Crippen molar-refractivity contribution in [1.82, 2.24) is 44.8 Å². The second kappa shape index (κ2) is 22.8. The molecule has 5 heterocycles. The van der Waals surface area contributed by atoms with E-state index < -0.39 is 29.2 Å². The highest BCUT2D eigenvalue weighted by Crippen LogP contribution is 2.39. The van der Waals surface area contributed by atoms with Crippen LogP contribution >= 0.6 is 11.3 Å². The molecule has 18 heteroatoms. The maximum absolute atomic E-state index is 14.2. The molecule has 6 aromatic rings. The molecule has 2 aromatic carbocycles. The van der Waals surface area contributed by atoms with Crippen LogP contribution in [0.5, 0.6) is 0 Å². The number of nitrogens with zero attached hydrogens (tertiary/aromatic N) is 8. The number of anilines is 3. The number of likely N-dealkylation sites (tertiary alicyclic amines) is 1. The quantitative estimate of drug-likeness (QED) is 0.0343. The van der Waals surface area contributed by atoms with E-state index in [1.54, 1.807) is 22.1 Å². The monoisotopic (exact) mass is 1030 g/mol. The summed E-state index contributed by atoms with van der Waals surface area (Å²) in [5.74, 6) is -0.125. The van der Waals surface area contributed by atoms with Crippen molar-refractivity contribution in [2.45, 2.75) is 142 Å². The van der Waals surface area contributed by atoms with E-state index >= 15 is 0 Å². The highest BCUT2D eigenvalue weighted by Gasteiger charge is 2.45. The normalized spacial score (nSPS) is 18.3. The molecule has 17 nitrogen and oxygen atoms in total. The van der Waals surface area contributed by atoms with Gasteiger partial charge in [-0.15, -0.1) is 17.9 Å². The average molecular weight is 1030 g/mol. The topological polar surface area (TPSA) is 213 Å². The van der Waals surface area contributed by atoms with Gasteiger partial charge in [-0.2, -0.15) is 4.98 Å². The lowest BCUT2D eigenvalue weighted by Gasteiger charge is -2.35. The number of unbranched alkanes of at least 4 members (excludes halogenated alkanes) is 4. The first-order valence-electron chi connectivity index (χ1n) is 25.9. The summed E-state index contributed by atoms with van der Waals surface area (Å²) in [6, 6.07) is 17.7. The zero-order chi connectivity index (χ0) is 52.9. The predicted molar refractivity (Wildman–Crippen MR) is 291 cm³/mol.